The standard InChI is InChI=1S/C17H20F3N7O/c18-17(19,20)12-3-1-11(2-4-12)16-13-9-26(7-5-14(13)22-23-16)15(28)6-8-27-10-21-24-25-27/h1-4,10,13-14,16,22-23H,5-9H2. The fourth-order valence-electron chi connectivity index (χ4n) is 3.89. The summed E-state index contributed by atoms with van der Waals surface area (Å²) in [7, 11) is 0. The van der Waals surface area contributed by atoms with Gasteiger partial charge in [0.25, 0.3) is 0 Å². The molecule has 1 aromatic heterocycles. The van der Waals surface area contributed by atoms with Crippen molar-refractivity contribution in [3.8, 4) is 0 Å². The Hall–Kier alpha value is -2.53. The van der Waals surface area contributed by atoms with Gasteiger partial charge in [-0.3, -0.25) is 10.2 Å². The van der Waals surface area contributed by atoms with Crippen LogP contribution in [0.5, 0.6) is 0 Å². The van der Waals surface area contributed by atoms with Crippen LogP contribution in [0.15, 0.2) is 30.6 Å². The molecule has 2 aliphatic rings. The average Bonchev–Trinajstić information content (AvgIpc) is 3.34. The number of benzene rings is 1. The SMILES string of the molecule is O=C(CCn1cnnn1)N1CCC2NNC(c3ccc(C(F)(F)F)cc3)C2C1. The lowest BCUT2D eigenvalue weighted by molar-refractivity contribution is -0.137. The summed E-state index contributed by atoms with van der Waals surface area (Å²) in [6.45, 7) is 1.60. The Kier molecular flexibility index (Phi) is 5.02. The number of aryl methyl sites for hydroxylation is 1. The number of hydrazine groups is 1. The predicted octanol–water partition coefficient (Wildman–Crippen LogP) is 1.15. The van der Waals surface area contributed by atoms with Crippen molar-refractivity contribution in [1.82, 2.24) is 36.0 Å². The molecule has 3 heterocycles. The van der Waals surface area contributed by atoms with E-state index in [0.717, 1.165) is 24.1 Å². The first-order valence-corrected chi connectivity index (χ1v) is 9.08. The van der Waals surface area contributed by atoms with Crippen molar-refractivity contribution in [2.45, 2.75) is 37.6 Å². The van der Waals surface area contributed by atoms with E-state index in [1.54, 1.807) is 0 Å². The number of aromatic nitrogens is 4. The second-order valence-electron chi connectivity index (χ2n) is 7.11. The zero-order valence-electron chi connectivity index (χ0n) is 14.9. The van der Waals surface area contributed by atoms with Crippen LogP contribution in [0.2, 0.25) is 0 Å². The Balaban J connectivity index is 1.41. The molecule has 150 valence electrons. The smallest absolute Gasteiger partial charge is 0.342 e. The Morgan fingerprint density at radius 1 is 1.21 bits per heavy atom. The maximum Gasteiger partial charge on any atom is 0.416 e. The number of alkyl halides is 3. The number of carbonyl (C=O) groups is 1. The molecule has 28 heavy (non-hydrogen) atoms. The average molecular weight is 395 g/mol. The van der Waals surface area contributed by atoms with Crippen LogP contribution in [0.1, 0.15) is 30.0 Å². The highest BCUT2D eigenvalue weighted by molar-refractivity contribution is 5.76. The number of nitrogens with one attached hydrogen (secondary N) is 2. The lowest BCUT2D eigenvalue weighted by Crippen LogP contribution is -2.48. The molecule has 3 atom stereocenters. The van der Waals surface area contributed by atoms with Gasteiger partial charge in [0.1, 0.15) is 6.33 Å². The van der Waals surface area contributed by atoms with Gasteiger partial charge in [-0.15, -0.1) is 5.10 Å². The summed E-state index contributed by atoms with van der Waals surface area (Å²) in [6, 6.07) is 5.23. The first-order valence-electron chi connectivity index (χ1n) is 9.08. The molecule has 1 amide bonds. The van der Waals surface area contributed by atoms with Gasteiger partial charge in [-0.1, -0.05) is 12.1 Å². The number of tetrazole rings is 1. The van der Waals surface area contributed by atoms with Gasteiger partial charge in [0.2, 0.25) is 5.91 Å². The number of likely N-dealkylation sites (tertiary alicyclic amines) is 1. The Morgan fingerprint density at radius 3 is 2.68 bits per heavy atom. The quantitative estimate of drug-likeness (QED) is 0.808. The van der Waals surface area contributed by atoms with Crippen molar-refractivity contribution in [3.05, 3.63) is 41.7 Å². The molecule has 2 aliphatic heterocycles. The van der Waals surface area contributed by atoms with E-state index in [2.05, 4.69) is 26.4 Å². The Labute approximate surface area is 159 Å². The molecule has 0 saturated carbocycles. The van der Waals surface area contributed by atoms with Gasteiger partial charge < -0.3 is 4.90 Å². The molecule has 0 spiro atoms. The van der Waals surface area contributed by atoms with E-state index < -0.39 is 11.7 Å². The van der Waals surface area contributed by atoms with E-state index in [1.807, 2.05) is 4.90 Å². The number of amides is 1. The first-order chi connectivity index (χ1) is 13.4. The highest BCUT2D eigenvalue weighted by Crippen LogP contribution is 2.35. The summed E-state index contributed by atoms with van der Waals surface area (Å²) in [5, 5.41) is 10.8. The summed E-state index contributed by atoms with van der Waals surface area (Å²) in [5.41, 5.74) is 6.52. The van der Waals surface area contributed by atoms with Crippen LogP contribution in [-0.2, 0) is 17.5 Å². The van der Waals surface area contributed by atoms with Gasteiger partial charge >= 0.3 is 6.18 Å². The fraction of sp³-hybridized carbons (Fsp3) is 0.529. The number of piperidine rings is 1. The minimum Gasteiger partial charge on any atom is -0.342 e. The van der Waals surface area contributed by atoms with E-state index in [4.69, 9.17) is 0 Å². The molecule has 2 N–H and O–H groups in total. The molecular formula is C17H20F3N7O. The third kappa shape index (κ3) is 3.85. The van der Waals surface area contributed by atoms with Gasteiger partial charge in [0.05, 0.1) is 18.2 Å². The summed E-state index contributed by atoms with van der Waals surface area (Å²) in [6.07, 6.45) is -1.80. The molecule has 8 nitrogen and oxygen atoms in total. The molecule has 2 aromatic rings. The molecule has 2 fully saturated rings. The molecule has 11 heteroatoms. The van der Waals surface area contributed by atoms with Gasteiger partial charge in [-0.2, -0.15) is 13.2 Å². The fourth-order valence-corrected chi connectivity index (χ4v) is 3.89. The van der Waals surface area contributed by atoms with Crippen molar-refractivity contribution in [1.29, 1.82) is 0 Å². The maximum absolute atomic E-state index is 12.8. The van der Waals surface area contributed by atoms with Crippen LogP contribution in [0.3, 0.4) is 0 Å². The summed E-state index contributed by atoms with van der Waals surface area (Å²) in [5.74, 6) is 0.106. The highest BCUT2D eigenvalue weighted by atomic mass is 19.4. The van der Waals surface area contributed by atoms with Crippen molar-refractivity contribution >= 4 is 5.91 Å². The molecule has 2 saturated heterocycles. The van der Waals surface area contributed by atoms with E-state index in [-0.39, 0.29) is 23.9 Å². The second kappa shape index (κ2) is 7.47. The van der Waals surface area contributed by atoms with E-state index >= 15 is 0 Å². The van der Waals surface area contributed by atoms with E-state index in [9.17, 15) is 18.0 Å². The Bertz CT molecular complexity index is 809. The Morgan fingerprint density at radius 2 is 2.00 bits per heavy atom. The molecular weight excluding hydrogens is 375 g/mol. The third-order valence-corrected chi connectivity index (χ3v) is 5.41. The van der Waals surface area contributed by atoms with Crippen LogP contribution in [0.4, 0.5) is 13.2 Å². The highest BCUT2D eigenvalue weighted by Gasteiger charge is 2.41. The summed E-state index contributed by atoms with van der Waals surface area (Å²) >= 11 is 0. The lowest BCUT2D eigenvalue weighted by Gasteiger charge is -2.36. The first kappa shape index (κ1) is 18.8. The lowest BCUT2D eigenvalue weighted by atomic mass is 9.85. The molecule has 3 unspecified atom stereocenters. The van der Waals surface area contributed by atoms with Gasteiger partial charge in [0.15, 0.2) is 0 Å². The summed E-state index contributed by atoms with van der Waals surface area (Å²) in [4.78, 5) is 14.4. The van der Waals surface area contributed by atoms with Crippen LogP contribution < -0.4 is 10.9 Å². The largest absolute Gasteiger partial charge is 0.416 e. The minimum atomic E-state index is -4.35. The van der Waals surface area contributed by atoms with E-state index in [0.29, 0.717) is 26.1 Å². The molecule has 0 aliphatic carbocycles. The predicted molar refractivity (Wildman–Crippen MR) is 91.4 cm³/mol. The second-order valence-corrected chi connectivity index (χ2v) is 7.11. The maximum atomic E-state index is 12.8. The normalized spacial score (nSPS) is 25.0. The molecule has 1 aromatic carbocycles. The molecule has 4 rings (SSSR count). The van der Waals surface area contributed by atoms with E-state index in [1.165, 1.54) is 23.1 Å². The van der Waals surface area contributed by atoms with Crippen LogP contribution in [-0.4, -0.2) is 50.1 Å². The van der Waals surface area contributed by atoms with Gasteiger partial charge in [-0.05, 0) is 34.5 Å². The van der Waals surface area contributed by atoms with Gasteiger partial charge in [-0.25, -0.2) is 10.1 Å². The number of hydrogen-bond acceptors (Lipinski definition) is 6. The monoisotopic (exact) mass is 395 g/mol. The van der Waals surface area contributed by atoms with Crippen molar-refractivity contribution in [2.75, 3.05) is 13.1 Å². The topological polar surface area (TPSA) is 88.0 Å². The zero-order chi connectivity index (χ0) is 19.7. The minimum absolute atomic E-state index is 0.0204. The summed E-state index contributed by atoms with van der Waals surface area (Å²) < 4.78 is 39.9. The van der Waals surface area contributed by atoms with Crippen LogP contribution in [0.25, 0.3) is 0 Å². The number of hydrogen-bond donors (Lipinski definition) is 2. The number of fused-ring (bicyclic) bond motifs is 1. The number of rotatable bonds is 4. The van der Waals surface area contributed by atoms with Crippen molar-refractivity contribution in [3.63, 3.8) is 0 Å². The van der Waals surface area contributed by atoms with Crippen molar-refractivity contribution < 1.29 is 18.0 Å². The number of nitrogens with zero attached hydrogens (tertiary/aromatic N) is 5. The van der Waals surface area contributed by atoms with Crippen LogP contribution in [0, 0.1) is 5.92 Å². The molecule has 0 radical (unpaired) electrons. The number of carbonyl (C=O) groups excluding carboxylic acids is 1. The molecule has 0 bridgehead atoms. The van der Waals surface area contributed by atoms with Crippen molar-refractivity contribution in [2.24, 2.45) is 5.92 Å². The number of halogens is 3. The van der Waals surface area contributed by atoms with Crippen LogP contribution >= 0.6 is 0 Å². The van der Waals surface area contributed by atoms with Gasteiger partial charge in [0, 0.05) is 31.5 Å². The third-order valence-electron chi connectivity index (χ3n) is 5.41. The zero-order valence-corrected chi connectivity index (χ0v) is 14.9.